The number of hydroxylamine groups is 1. The number of halogens is 2. The van der Waals surface area contributed by atoms with Crippen molar-refractivity contribution in [2.45, 2.75) is 50.1 Å². The standard InChI is InChI=1S/C17H23BrFNO5S/c1-17(26(2,22)23,9-8-12-6-7-13(18)11-14(12)19)16(21)20-25-15-5-3-4-10-24-15/h6-7,11,15H,3-5,8-10H2,1-2H3,(H,20,21). The first-order valence-corrected chi connectivity index (χ1v) is 11.0. The molecule has 0 spiro atoms. The number of sulfone groups is 1. The molecule has 1 aromatic carbocycles. The molecule has 2 rings (SSSR count). The average molecular weight is 452 g/mol. The molecule has 146 valence electrons. The molecule has 0 bridgehead atoms. The second kappa shape index (κ2) is 8.77. The highest BCUT2D eigenvalue weighted by atomic mass is 79.9. The van der Waals surface area contributed by atoms with E-state index in [4.69, 9.17) is 9.57 Å². The first kappa shape index (κ1) is 21.3. The molecule has 1 aliphatic rings. The van der Waals surface area contributed by atoms with Gasteiger partial charge in [0.2, 0.25) is 0 Å². The van der Waals surface area contributed by atoms with Crippen molar-refractivity contribution in [2.24, 2.45) is 0 Å². The predicted octanol–water partition coefficient (Wildman–Crippen LogP) is 2.90. The molecule has 1 amide bonds. The van der Waals surface area contributed by atoms with Crippen molar-refractivity contribution in [3.63, 3.8) is 0 Å². The first-order chi connectivity index (χ1) is 12.1. The fourth-order valence-electron chi connectivity index (χ4n) is 2.60. The molecule has 2 unspecified atom stereocenters. The van der Waals surface area contributed by atoms with Crippen LogP contribution in [-0.4, -0.2) is 38.2 Å². The van der Waals surface area contributed by atoms with E-state index in [2.05, 4.69) is 21.4 Å². The molecule has 26 heavy (non-hydrogen) atoms. The number of aryl methyl sites for hydroxylation is 1. The number of benzene rings is 1. The van der Waals surface area contributed by atoms with Crippen LogP contribution in [0.2, 0.25) is 0 Å². The maximum absolute atomic E-state index is 14.0. The highest BCUT2D eigenvalue weighted by Crippen LogP contribution is 2.26. The van der Waals surface area contributed by atoms with Crippen LogP contribution in [0.5, 0.6) is 0 Å². The summed E-state index contributed by atoms with van der Waals surface area (Å²) in [6.45, 7) is 1.85. The van der Waals surface area contributed by atoms with Crippen LogP contribution in [-0.2, 0) is 30.6 Å². The summed E-state index contributed by atoms with van der Waals surface area (Å²) in [5.74, 6) is -1.24. The van der Waals surface area contributed by atoms with Crippen molar-refractivity contribution in [1.82, 2.24) is 5.48 Å². The monoisotopic (exact) mass is 451 g/mol. The number of carbonyl (C=O) groups is 1. The third-order valence-electron chi connectivity index (χ3n) is 4.61. The molecule has 0 aliphatic carbocycles. The Hall–Kier alpha value is -1.03. The Labute approximate surface area is 161 Å². The van der Waals surface area contributed by atoms with E-state index in [1.165, 1.54) is 13.0 Å². The summed E-state index contributed by atoms with van der Waals surface area (Å²) in [6, 6.07) is 4.53. The summed E-state index contributed by atoms with van der Waals surface area (Å²) in [5.41, 5.74) is 2.56. The largest absolute Gasteiger partial charge is 0.350 e. The molecule has 0 radical (unpaired) electrons. The van der Waals surface area contributed by atoms with E-state index in [9.17, 15) is 17.6 Å². The second-order valence-electron chi connectivity index (χ2n) is 6.58. The quantitative estimate of drug-likeness (QED) is 0.644. The van der Waals surface area contributed by atoms with Gasteiger partial charge in [-0.25, -0.2) is 23.1 Å². The van der Waals surface area contributed by atoms with Crippen molar-refractivity contribution in [3.05, 3.63) is 34.1 Å². The first-order valence-electron chi connectivity index (χ1n) is 8.35. The maximum Gasteiger partial charge on any atom is 0.264 e. The lowest BCUT2D eigenvalue weighted by molar-refractivity contribution is -0.201. The summed E-state index contributed by atoms with van der Waals surface area (Å²) in [4.78, 5) is 17.8. The van der Waals surface area contributed by atoms with Crippen molar-refractivity contribution in [2.75, 3.05) is 12.9 Å². The molecule has 1 fully saturated rings. The lowest BCUT2D eigenvalue weighted by Gasteiger charge is -2.28. The molecule has 9 heteroatoms. The van der Waals surface area contributed by atoms with Gasteiger partial charge in [-0.3, -0.25) is 4.79 Å². The third-order valence-corrected chi connectivity index (χ3v) is 7.13. The van der Waals surface area contributed by atoms with E-state index in [1.807, 2.05) is 0 Å². The van der Waals surface area contributed by atoms with Gasteiger partial charge in [0.25, 0.3) is 5.91 Å². The SMILES string of the molecule is CC(CCc1ccc(Br)cc1F)(C(=O)NOC1CCCCO1)S(C)(=O)=O. The molecule has 1 N–H and O–H groups in total. The Balaban J connectivity index is 2.07. The Morgan fingerprint density at radius 3 is 2.77 bits per heavy atom. The topological polar surface area (TPSA) is 81.7 Å². The van der Waals surface area contributed by atoms with Gasteiger partial charge in [-0.2, -0.15) is 0 Å². The average Bonchev–Trinajstić information content (AvgIpc) is 2.58. The van der Waals surface area contributed by atoms with Gasteiger partial charge in [-0.15, -0.1) is 0 Å². The van der Waals surface area contributed by atoms with Gasteiger partial charge in [-0.1, -0.05) is 22.0 Å². The Kier molecular flexibility index (Phi) is 7.18. The van der Waals surface area contributed by atoms with E-state index < -0.39 is 32.6 Å². The Morgan fingerprint density at radius 2 is 2.19 bits per heavy atom. The predicted molar refractivity (Wildman–Crippen MR) is 98.5 cm³/mol. The molecule has 1 heterocycles. The van der Waals surface area contributed by atoms with Gasteiger partial charge in [0, 0.05) is 23.8 Å². The Bertz CT molecular complexity index is 752. The summed E-state index contributed by atoms with van der Waals surface area (Å²) in [6.07, 6.45) is 2.88. The smallest absolute Gasteiger partial charge is 0.264 e. The lowest BCUT2D eigenvalue weighted by atomic mass is 9.99. The van der Waals surface area contributed by atoms with Crippen LogP contribution in [0.4, 0.5) is 4.39 Å². The van der Waals surface area contributed by atoms with Crippen LogP contribution in [0.1, 0.15) is 38.2 Å². The summed E-state index contributed by atoms with van der Waals surface area (Å²) in [7, 11) is -3.77. The number of ether oxygens (including phenoxy) is 1. The van der Waals surface area contributed by atoms with Crippen LogP contribution in [0, 0.1) is 5.82 Å². The van der Waals surface area contributed by atoms with Gasteiger partial charge in [0.15, 0.2) is 16.1 Å². The maximum atomic E-state index is 14.0. The fraction of sp³-hybridized carbons (Fsp3) is 0.588. The molecule has 1 saturated heterocycles. The zero-order valence-electron chi connectivity index (χ0n) is 14.8. The van der Waals surface area contributed by atoms with Crippen LogP contribution < -0.4 is 5.48 Å². The Morgan fingerprint density at radius 1 is 1.46 bits per heavy atom. The molecule has 1 aliphatic heterocycles. The van der Waals surface area contributed by atoms with Crippen molar-refractivity contribution in [1.29, 1.82) is 0 Å². The molecular formula is C17H23BrFNO5S. The summed E-state index contributed by atoms with van der Waals surface area (Å²) < 4.78 is 42.7. The highest BCUT2D eigenvalue weighted by molar-refractivity contribution is 9.10. The van der Waals surface area contributed by atoms with Gasteiger partial charge in [0.1, 0.15) is 10.6 Å². The minimum atomic E-state index is -3.77. The number of hydrogen-bond acceptors (Lipinski definition) is 5. The number of nitrogens with one attached hydrogen (secondary N) is 1. The van der Waals surface area contributed by atoms with Crippen LogP contribution in [0.3, 0.4) is 0 Å². The molecule has 0 aromatic heterocycles. The van der Waals surface area contributed by atoms with Crippen LogP contribution in [0.15, 0.2) is 22.7 Å². The van der Waals surface area contributed by atoms with Crippen LogP contribution >= 0.6 is 15.9 Å². The summed E-state index contributed by atoms with van der Waals surface area (Å²) in [5, 5.41) is 0. The van der Waals surface area contributed by atoms with E-state index in [0.29, 0.717) is 23.1 Å². The van der Waals surface area contributed by atoms with Gasteiger partial charge in [0.05, 0.1) is 0 Å². The molecule has 1 aromatic rings. The number of rotatable bonds is 7. The number of carbonyl (C=O) groups excluding carboxylic acids is 1. The molecule has 6 nitrogen and oxygen atoms in total. The van der Waals surface area contributed by atoms with Crippen molar-refractivity contribution in [3.8, 4) is 0 Å². The second-order valence-corrected chi connectivity index (χ2v) is 9.94. The zero-order chi connectivity index (χ0) is 19.4. The van der Waals surface area contributed by atoms with Gasteiger partial charge < -0.3 is 4.74 Å². The number of hydrogen-bond donors (Lipinski definition) is 1. The normalized spacial score (nSPS) is 20.4. The van der Waals surface area contributed by atoms with Crippen molar-refractivity contribution >= 4 is 31.7 Å². The number of amides is 1. The van der Waals surface area contributed by atoms with Gasteiger partial charge >= 0.3 is 0 Å². The van der Waals surface area contributed by atoms with Crippen LogP contribution in [0.25, 0.3) is 0 Å². The van der Waals surface area contributed by atoms with E-state index in [0.717, 1.165) is 19.1 Å². The lowest BCUT2D eigenvalue weighted by Crippen LogP contribution is -2.51. The molecule has 2 atom stereocenters. The van der Waals surface area contributed by atoms with E-state index >= 15 is 0 Å². The van der Waals surface area contributed by atoms with Crippen molar-refractivity contribution < 1.29 is 27.2 Å². The van der Waals surface area contributed by atoms with E-state index in [-0.39, 0.29) is 12.8 Å². The molecule has 0 saturated carbocycles. The minimum absolute atomic E-state index is 0.0783. The van der Waals surface area contributed by atoms with Gasteiger partial charge in [-0.05, 0) is 50.3 Å². The summed E-state index contributed by atoms with van der Waals surface area (Å²) >= 11 is 3.17. The fourth-order valence-corrected chi connectivity index (χ4v) is 3.78. The molecular weight excluding hydrogens is 429 g/mol. The highest BCUT2D eigenvalue weighted by Gasteiger charge is 2.43. The minimum Gasteiger partial charge on any atom is -0.350 e. The zero-order valence-corrected chi connectivity index (χ0v) is 17.2. The third kappa shape index (κ3) is 5.25. The van der Waals surface area contributed by atoms with E-state index in [1.54, 1.807) is 12.1 Å².